The van der Waals surface area contributed by atoms with Crippen LogP contribution in [0.3, 0.4) is 0 Å². The molecule has 20 heavy (non-hydrogen) atoms. The van der Waals surface area contributed by atoms with Gasteiger partial charge in [-0.2, -0.15) is 10.2 Å². The van der Waals surface area contributed by atoms with Crippen LogP contribution in [-0.4, -0.2) is 24.5 Å². The highest BCUT2D eigenvalue weighted by molar-refractivity contribution is 5.16. The van der Waals surface area contributed by atoms with Crippen LogP contribution in [0.4, 0.5) is 0 Å². The lowest BCUT2D eigenvalue weighted by molar-refractivity contribution is 0.468. The second-order valence-corrected chi connectivity index (χ2v) is 4.65. The lowest BCUT2D eigenvalue weighted by atomic mass is 10.1. The Bertz CT molecular complexity index is 543. The average Bonchev–Trinajstić information content (AvgIpc) is 3.10. The summed E-state index contributed by atoms with van der Waals surface area (Å²) in [6, 6.07) is 2.10. The molecule has 0 amide bonds. The van der Waals surface area contributed by atoms with E-state index in [0.29, 0.717) is 6.42 Å². The molecule has 2 heterocycles. The van der Waals surface area contributed by atoms with E-state index in [-0.39, 0.29) is 6.04 Å². The van der Waals surface area contributed by atoms with Gasteiger partial charge in [0.25, 0.3) is 0 Å². The maximum absolute atomic E-state index is 5.74. The minimum absolute atomic E-state index is 0.0164. The smallest absolute Gasteiger partial charge is 0.138 e. The van der Waals surface area contributed by atoms with Crippen LogP contribution in [0.15, 0.2) is 12.4 Å². The van der Waals surface area contributed by atoms with Crippen LogP contribution in [-0.2, 0) is 25.9 Å². The summed E-state index contributed by atoms with van der Waals surface area (Å²) in [5.74, 6) is 6.67. The van der Waals surface area contributed by atoms with E-state index in [1.807, 2.05) is 9.36 Å². The Kier molecular flexibility index (Phi) is 4.86. The topological polar surface area (TPSA) is 86.6 Å². The van der Waals surface area contributed by atoms with Crippen LogP contribution in [0.2, 0.25) is 0 Å². The third-order valence-corrected chi connectivity index (χ3v) is 3.46. The van der Waals surface area contributed by atoms with E-state index in [2.05, 4.69) is 47.4 Å². The summed E-state index contributed by atoms with van der Waals surface area (Å²) >= 11 is 0. The Hall–Kier alpha value is -1.73. The number of hydrogen-bond donors (Lipinski definition) is 2. The molecule has 0 bridgehead atoms. The summed E-state index contributed by atoms with van der Waals surface area (Å²) in [5, 5.41) is 8.76. The van der Waals surface area contributed by atoms with E-state index in [0.717, 1.165) is 36.7 Å². The van der Waals surface area contributed by atoms with Crippen molar-refractivity contribution in [2.24, 2.45) is 5.84 Å². The first-order chi connectivity index (χ1) is 9.73. The monoisotopic (exact) mass is 277 g/mol. The number of hydrazine groups is 1. The van der Waals surface area contributed by atoms with Crippen LogP contribution in [0.25, 0.3) is 0 Å². The van der Waals surface area contributed by atoms with E-state index in [1.54, 1.807) is 6.33 Å². The number of nitrogens with two attached hydrogens (primary N) is 1. The highest BCUT2D eigenvalue weighted by Gasteiger charge is 2.19. The number of nitrogens with zero attached hydrogens (tertiary/aromatic N) is 5. The molecule has 2 aromatic heterocycles. The van der Waals surface area contributed by atoms with Crippen molar-refractivity contribution >= 4 is 0 Å². The molecule has 0 aliphatic carbocycles. The van der Waals surface area contributed by atoms with Gasteiger partial charge >= 0.3 is 0 Å². The Morgan fingerprint density at radius 3 is 2.60 bits per heavy atom. The van der Waals surface area contributed by atoms with Crippen molar-refractivity contribution < 1.29 is 0 Å². The predicted octanol–water partition coefficient (Wildman–Crippen LogP) is 0.824. The Morgan fingerprint density at radius 1 is 1.25 bits per heavy atom. The first-order valence-corrected chi connectivity index (χ1v) is 7.12. The minimum atomic E-state index is -0.0164. The molecule has 0 aliphatic rings. The second kappa shape index (κ2) is 6.62. The van der Waals surface area contributed by atoms with Crippen molar-refractivity contribution in [1.29, 1.82) is 0 Å². The van der Waals surface area contributed by atoms with E-state index in [4.69, 9.17) is 5.84 Å². The molecule has 110 valence electrons. The molecule has 0 aromatic carbocycles. The molecular formula is C13H23N7. The zero-order valence-corrected chi connectivity index (χ0v) is 12.4. The van der Waals surface area contributed by atoms with Gasteiger partial charge < -0.3 is 0 Å². The first-order valence-electron chi connectivity index (χ1n) is 7.12. The fourth-order valence-electron chi connectivity index (χ4n) is 2.34. The SMILES string of the molecule is CCc1cc(C(Cc2ncnn2CC)NN)n(CC)n1. The van der Waals surface area contributed by atoms with Gasteiger partial charge in [0.2, 0.25) is 0 Å². The predicted molar refractivity (Wildman–Crippen MR) is 76.7 cm³/mol. The molecular weight excluding hydrogens is 254 g/mol. The van der Waals surface area contributed by atoms with Crippen molar-refractivity contribution in [3.05, 3.63) is 29.6 Å². The lowest BCUT2D eigenvalue weighted by Crippen LogP contribution is -2.32. The summed E-state index contributed by atoms with van der Waals surface area (Å²) in [6.07, 6.45) is 3.20. The van der Waals surface area contributed by atoms with Crippen molar-refractivity contribution in [3.63, 3.8) is 0 Å². The Morgan fingerprint density at radius 2 is 2.00 bits per heavy atom. The summed E-state index contributed by atoms with van der Waals surface area (Å²) in [5.41, 5.74) is 5.06. The number of hydrogen-bond acceptors (Lipinski definition) is 5. The van der Waals surface area contributed by atoms with Crippen LogP contribution < -0.4 is 11.3 Å². The third-order valence-electron chi connectivity index (χ3n) is 3.46. The molecule has 7 heteroatoms. The van der Waals surface area contributed by atoms with E-state index in [9.17, 15) is 0 Å². The molecule has 0 spiro atoms. The summed E-state index contributed by atoms with van der Waals surface area (Å²) in [7, 11) is 0. The fraction of sp³-hybridized carbons (Fsp3) is 0.615. The van der Waals surface area contributed by atoms with Gasteiger partial charge in [-0.25, -0.2) is 4.98 Å². The molecule has 2 aromatic rings. The van der Waals surface area contributed by atoms with E-state index in [1.165, 1.54) is 0 Å². The van der Waals surface area contributed by atoms with Crippen molar-refractivity contribution in [2.75, 3.05) is 0 Å². The van der Waals surface area contributed by atoms with Gasteiger partial charge in [-0.15, -0.1) is 0 Å². The second-order valence-electron chi connectivity index (χ2n) is 4.65. The molecule has 0 saturated carbocycles. The fourth-order valence-corrected chi connectivity index (χ4v) is 2.34. The molecule has 0 saturated heterocycles. The Labute approximate surface area is 119 Å². The number of nitrogens with one attached hydrogen (secondary N) is 1. The van der Waals surface area contributed by atoms with Crippen LogP contribution in [0.5, 0.6) is 0 Å². The molecule has 7 nitrogen and oxygen atoms in total. The molecule has 3 N–H and O–H groups in total. The van der Waals surface area contributed by atoms with Gasteiger partial charge in [-0.3, -0.25) is 20.6 Å². The zero-order valence-electron chi connectivity index (χ0n) is 12.4. The van der Waals surface area contributed by atoms with Crippen LogP contribution in [0.1, 0.15) is 44.0 Å². The lowest BCUT2D eigenvalue weighted by Gasteiger charge is -2.16. The van der Waals surface area contributed by atoms with E-state index >= 15 is 0 Å². The van der Waals surface area contributed by atoms with Crippen molar-refractivity contribution in [1.82, 2.24) is 30.0 Å². The third kappa shape index (κ3) is 2.88. The maximum atomic E-state index is 5.74. The van der Waals surface area contributed by atoms with E-state index < -0.39 is 0 Å². The normalized spacial score (nSPS) is 12.8. The number of aryl methyl sites for hydroxylation is 3. The molecule has 1 atom stereocenters. The highest BCUT2D eigenvalue weighted by Crippen LogP contribution is 2.18. The van der Waals surface area contributed by atoms with Gasteiger partial charge in [0, 0.05) is 19.5 Å². The molecule has 0 fully saturated rings. The maximum Gasteiger partial charge on any atom is 0.138 e. The summed E-state index contributed by atoms with van der Waals surface area (Å²) in [4.78, 5) is 4.31. The van der Waals surface area contributed by atoms with Gasteiger partial charge in [-0.05, 0) is 26.3 Å². The number of aromatic nitrogens is 5. The largest absolute Gasteiger partial charge is 0.271 e. The van der Waals surface area contributed by atoms with Crippen LogP contribution in [0, 0.1) is 0 Å². The molecule has 0 radical (unpaired) electrons. The number of rotatable bonds is 7. The van der Waals surface area contributed by atoms with Gasteiger partial charge in [0.1, 0.15) is 12.2 Å². The van der Waals surface area contributed by atoms with Gasteiger partial charge in [0.15, 0.2) is 0 Å². The standard InChI is InChI=1S/C13H23N7/c1-4-10-7-12(19(5-2)18-10)11(17-14)8-13-15-9-16-20(13)6-3/h7,9,11,17H,4-6,8,14H2,1-3H3. The molecule has 0 aliphatic heterocycles. The van der Waals surface area contributed by atoms with Gasteiger partial charge in [0.05, 0.1) is 17.4 Å². The summed E-state index contributed by atoms with van der Waals surface area (Å²) < 4.78 is 3.88. The first kappa shape index (κ1) is 14.7. The highest BCUT2D eigenvalue weighted by atomic mass is 15.3. The quantitative estimate of drug-likeness (QED) is 0.578. The van der Waals surface area contributed by atoms with Gasteiger partial charge in [-0.1, -0.05) is 6.92 Å². The molecule has 1 unspecified atom stereocenters. The summed E-state index contributed by atoms with van der Waals surface area (Å²) in [6.45, 7) is 7.87. The van der Waals surface area contributed by atoms with Crippen LogP contribution >= 0.6 is 0 Å². The van der Waals surface area contributed by atoms with Crippen molar-refractivity contribution in [3.8, 4) is 0 Å². The molecule has 2 rings (SSSR count). The Balaban J connectivity index is 2.26. The average molecular weight is 277 g/mol. The van der Waals surface area contributed by atoms with Crippen molar-refractivity contribution in [2.45, 2.75) is 52.7 Å². The minimum Gasteiger partial charge on any atom is -0.271 e. The zero-order chi connectivity index (χ0) is 14.5.